The number of halogens is 3. The summed E-state index contributed by atoms with van der Waals surface area (Å²) in [6.07, 6.45) is -4.61. The highest BCUT2D eigenvalue weighted by atomic mass is 19.4. The number of rotatable bonds is 8. The standard InChI is InChI=1S/C15H22F3NO2/c1-11(2)9-19-10-13-6-4-5-12(3)14(13)20-7-8-21-15(16,17)18/h4-6,11,19H,7-10H2,1-3H3. The molecule has 1 rings (SSSR count). The molecule has 120 valence electrons. The SMILES string of the molecule is Cc1cccc(CNCC(C)C)c1OCCOC(F)(F)F. The van der Waals surface area contributed by atoms with Crippen LogP contribution in [0.3, 0.4) is 0 Å². The van der Waals surface area contributed by atoms with E-state index < -0.39 is 13.0 Å². The highest BCUT2D eigenvalue weighted by Crippen LogP contribution is 2.24. The molecule has 21 heavy (non-hydrogen) atoms. The van der Waals surface area contributed by atoms with Gasteiger partial charge in [0.1, 0.15) is 12.4 Å². The van der Waals surface area contributed by atoms with Gasteiger partial charge in [0, 0.05) is 12.1 Å². The van der Waals surface area contributed by atoms with Crippen molar-refractivity contribution < 1.29 is 22.6 Å². The van der Waals surface area contributed by atoms with Gasteiger partial charge in [-0.1, -0.05) is 32.0 Å². The Labute approximate surface area is 123 Å². The highest BCUT2D eigenvalue weighted by molar-refractivity contribution is 5.40. The lowest BCUT2D eigenvalue weighted by Gasteiger charge is -2.16. The van der Waals surface area contributed by atoms with Crippen LogP contribution in [0, 0.1) is 12.8 Å². The molecule has 0 aliphatic carbocycles. The van der Waals surface area contributed by atoms with Crippen molar-refractivity contribution in [3.8, 4) is 5.75 Å². The zero-order valence-electron chi connectivity index (χ0n) is 12.6. The molecule has 0 amide bonds. The van der Waals surface area contributed by atoms with Gasteiger partial charge in [-0.15, -0.1) is 13.2 Å². The third-order valence-corrected chi connectivity index (χ3v) is 2.76. The predicted molar refractivity (Wildman–Crippen MR) is 75.2 cm³/mol. The van der Waals surface area contributed by atoms with Gasteiger partial charge in [0.15, 0.2) is 0 Å². The summed E-state index contributed by atoms with van der Waals surface area (Å²) in [5, 5.41) is 3.29. The molecule has 1 aromatic rings. The fraction of sp³-hybridized carbons (Fsp3) is 0.600. The Morgan fingerprint density at radius 3 is 2.52 bits per heavy atom. The van der Waals surface area contributed by atoms with Crippen LogP contribution in [0.25, 0.3) is 0 Å². The van der Waals surface area contributed by atoms with Gasteiger partial charge in [-0.2, -0.15) is 0 Å². The van der Waals surface area contributed by atoms with Crippen molar-refractivity contribution >= 4 is 0 Å². The Morgan fingerprint density at radius 1 is 1.19 bits per heavy atom. The minimum Gasteiger partial charge on any atom is -0.491 e. The van der Waals surface area contributed by atoms with E-state index in [0.717, 1.165) is 17.7 Å². The monoisotopic (exact) mass is 305 g/mol. The number of para-hydroxylation sites is 1. The van der Waals surface area contributed by atoms with E-state index in [2.05, 4.69) is 23.9 Å². The second-order valence-corrected chi connectivity index (χ2v) is 5.23. The van der Waals surface area contributed by atoms with Crippen LogP contribution in [-0.4, -0.2) is 26.1 Å². The van der Waals surface area contributed by atoms with Crippen LogP contribution >= 0.6 is 0 Å². The molecule has 0 radical (unpaired) electrons. The molecule has 0 bridgehead atoms. The molecular weight excluding hydrogens is 283 g/mol. The summed E-state index contributed by atoms with van der Waals surface area (Å²) >= 11 is 0. The molecule has 0 saturated carbocycles. The Bertz CT molecular complexity index is 433. The zero-order valence-corrected chi connectivity index (χ0v) is 12.6. The smallest absolute Gasteiger partial charge is 0.491 e. The van der Waals surface area contributed by atoms with Crippen molar-refractivity contribution in [3.63, 3.8) is 0 Å². The first-order valence-electron chi connectivity index (χ1n) is 6.92. The minimum atomic E-state index is -4.61. The first kappa shape index (κ1) is 17.8. The van der Waals surface area contributed by atoms with Crippen molar-refractivity contribution in [3.05, 3.63) is 29.3 Å². The van der Waals surface area contributed by atoms with Crippen molar-refractivity contribution in [2.75, 3.05) is 19.8 Å². The summed E-state index contributed by atoms with van der Waals surface area (Å²) in [5.41, 5.74) is 1.83. The largest absolute Gasteiger partial charge is 0.522 e. The summed E-state index contributed by atoms with van der Waals surface area (Å²) in [4.78, 5) is 0. The van der Waals surface area contributed by atoms with Crippen LogP contribution in [-0.2, 0) is 11.3 Å². The van der Waals surface area contributed by atoms with Crippen LogP contribution in [0.4, 0.5) is 13.2 Å². The van der Waals surface area contributed by atoms with E-state index in [1.165, 1.54) is 0 Å². The molecule has 0 atom stereocenters. The van der Waals surface area contributed by atoms with E-state index in [4.69, 9.17) is 4.74 Å². The van der Waals surface area contributed by atoms with Crippen LogP contribution in [0.2, 0.25) is 0 Å². The topological polar surface area (TPSA) is 30.5 Å². The second kappa shape index (κ2) is 8.24. The zero-order chi connectivity index (χ0) is 15.9. The molecule has 0 heterocycles. The fourth-order valence-electron chi connectivity index (χ4n) is 1.86. The maximum Gasteiger partial charge on any atom is 0.522 e. The van der Waals surface area contributed by atoms with Crippen LogP contribution in [0.1, 0.15) is 25.0 Å². The Hall–Kier alpha value is -1.27. The number of nitrogens with one attached hydrogen (secondary N) is 1. The maximum atomic E-state index is 11.9. The van der Waals surface area contributed by atoms with Crippen molar-refractivity contribution in [1.29, 1.82) is 0 Å². The van der Waals surface area contributed by atoms with Gasteiger partial charge >= 0.3 is 6.36 Å². The van der Waals surface area contributed by atoms with E-state index in [0.29, 0.717) is 18.2 Å². The lowest BCUT2D eigenvalue weighted by Crippen LogP contribution is -2.21. The van der Waals surface area contributed by atoms with E-state index in [1.807, 2.05) is 25.1 Å². The van der Waals surface area contributed by atoms with Gasteiger partial charge in [0.05, 0.1) is 6.61 Å². The van der Waals surface area contributed by atoms with Crippen molar-refractivity contribution in [1.82, 2.24) is 5.32 Å². The molecule has 0 unspecified atom stereocenters. The molecule has 1 N–H and O–H groups in total. The Kier molecular flexibility index (Phi) is 6.98. The number of hydrogen-bond acceptors (Lipinski definition) is 3. The van der Waals surface area contributed by atoms with E-state index in [9.17, 15) is 13.2 Å². The highest BCUT2D eigenvalue weighted by Gasteiger charge is 2.28. The maximum absolute atomic E-state index is 11.9. The molecule has 0 fully saturated rings. The van der Waals surface area contributed by atoms with Crippen molar-refractivity contribution in [2.24, 2.45) is 5.92 Å². The molecule has 1 aromatic carbocycles. The van der Waals surface area contributed by atoms with E-state index >= 15 is 0 Å². The van der Waals surface area contributed by atoms with Crippen LogP contribution in [0.15, 0.2) is 18.2 Å². The number of hydrogen-bond donors (Lipinski definition) is 1. The van der Waals surface area contributed by atoms with Gasteiger partial charge in [0.25, 0.3) is 0 Å². The van der Waals surface area contributed by atoms with E-state index in [-0.39, 0.29) is 6.61 Å². The third-order valence-electron chi connectivity index (χ3n) is 2.76. The minimum absolute atomic E-state index is 0.137. The average Bonchev–Trinajstić information content (AvgIpc) is 2.35. The molecular formula is C15H22F3NO2. The summed E-state index contributed by atoms with van der Waals surface area (Å²) in [6.45, 7) is 6.91. The summed E-state index contributed by atoms with van der Waals surface area (Å²) in [5.74, 6) is 1.15. The summed E-state index contributed by atoms with van der Waals surface area (Å²) in [6, 6.07) is 5.67. The lowest BCUT2D eigenvalue weighted by atomic mass is 10.1. The fourth-order valence-corrected chi connectivity index (χ4v) is 1.86. The summed E-state index contributed by atoms with van der Waals surface area (Å²) < 4.78 is 44.8. The first-order valence-corrected chi connectivity index (χ1v) is 6.92. The molecule has 0 spiro atoms. The third kappa shape index (κ3) is 7.34. The number of aryl methyl sites for hydroxylation is 1. The van der Waals surface area contributed by atoms with Crippen LogP contribution in [0.5, 0.6) is 5.75 Å². The number of alkyl halides is 3. The Balaban J connectivity index is 2.55. The van der Waals surface area contributed by atoms with Gasteiger partial charge in [-0.25, -0.2) is 0 Å². The number of benzene rings is 1. The normalized spacial score (nSPS) is 12.0. The second-order valence-electron chi connectivity index (χ2n) is 5.23. The Morgan fingerprint density at radius 2 is 1.90 bits per heavy atom. The van der Waals surface area contributed by atoms with Crippen LogP contribution < -0.4 is 10.1 Å². The van der Waals surface area contributed by atoms with Gasteiger partial charge in [0.2, 0.25) is 0 Å². The molecule has 0 aliphatic rings. The van der Waals surface area contributed by atoms with Crippen molar-refractivity contribution in [2.45, 2.75) is 33.7 Å². The van der Waals surface area contributed by atoms with Gasteiger partial charge < -0.3 is 10.1 Å². The molecule has 0 saturated heterocycles. The average molecular weight is 305 g/mol. The molecule has 0 aliphatic heterocycles. The molecule has 6 heteroatoms. The van der Waals surface area contributed by atoms with Gasteiger partial charge in [-0.05, 0) is 24.9 Å². The van der Waals surface area contributed by atoms with E-state index in [1.54, 1.807) is 0 Å². The molecule has 3 nitrogen and oxygen atoms in total. The lowest BCUT2D eigenvalue weighted by molar-refractivity contribution is -0.325. The predicted octanol–water partition coefficient (Wildman–Crippen LogP) is 3.66. The quantitative estimate of drug-likeness (QED) is 0.744. The first-order chi connectivity index (χ1) is 9.79. The summed E-state index contributed by atoms with van der Waals surface area (Å²) in [7, 11) is 0. The number of ether oxygens (including phenoxy) is 2. The molecule has 0 aromatic heterocycles. The van der Waals surface area contributed by atoms with Gasteiger partial charge in [-0.3, -0.25) is 4.74 Å².